The molecule has 15 heavy (non-hydrogen) atoms. The highest BCUT2D eigenvalue weighted by Gasteiger charge is 2.07. The summed E-state index contributed by atoms with van der Waals surface area (Å²) >= 11 is 4.64. The Morgan fingerprint density at radius 1 is 1.67 bits per heavy atom. The number of hydrogen-bond acceptors (Lipinski definition) is 4. The van der Waals surface area contributed by atoms with Crippen LogP contribution in [0.4, 0.5) is 0 Å². The van der Waals surface area contributed by atoms with E-state index in [9.17, 15) is 4.79 Å². The second-order valence-electron chi connectivity index (χ2n) is 2.80. The van der Waals surface area contributed by atoms with Gasteiger partial charge in [-0.15, -0.1) is 11.3 Å². The summed E-state index contributed by atoms with van der Waals surface area (Å²) in [5, 5.41) is 4.48. The molecule has 0 unspecified atom stereocenters. The van der Waals surface area contributed by atoms with Gasteiger partial charge in [0.05, 0.1) is 24.4 Å². The van der Waals surface area contributed by atoms with E-state index in [0.717, 1.165) is 10.3 Å². The number of ether oxygens (including phenoxy) is 1. The minimum atomic E-state index is -0.0805. The van der Waals surface area contributed by atoms with Crippen molar-refractivity contribution in [1.29, 1.82) is 0 Å². The maximum atomic E-state index is 11.5. The number of halogens is 1. The molecule has 1 aromatic rings. The number of carbonyl (C=O) groups excluding carboxylic acids is 1. The molecule has 0 spiro atoms. The average molecular weight is 293 g/mol. The van der Waals surface area contributed by atoms with Gasteiger partial charge in [-0.05, 0) is 6.92 Å². The van der Waals surface area contributed by atoms with Crippen molar-refractivity contribution < 1.29 is 9.53 Å². The van der Waals surface area contributed by atoms with Gasteiger partial charge >= 0.3 is 0 Å². The number of nitrogens with one attached hydrogen (secondary N) is 1. The van der Waals surface area contributed by atoms with Gasteiger partial charge in [0.15, 0.2) is 0 Å². The number of nitrogens with zero attached hydrogens (tertiary/aromatic N) is 1. The Bertz CT molecular complexity index is 317. The summed E-state index contributed by atoms with van der Waals surface area (Å²) in [4.78, 5) is 16.1. The molecule has 1 rings (SSSR count). The smallest absolute Gasteiger partial charge is 0.263 e. The lowest BCUT2D eigenvalue weighted by molar-refractivity contribution is 0.0928. The summed E-state index contributed by atoms with van der Waals surface area (Å²) in [5.41, 5.74) is 0. The van der Waals surface area contributed by atoms with Crippen LogP contribution in [0.2, 0.25) is 0 Å². The Kier molecular flexibility index (Phi) is 5.82. The van der Waals surface area contributed by atoms with Gasteiger partial charge in [0, 0.05) is 11.9 Å². The lowest BCUT2D eigenvalue weighted by atomic mass is 10.5. The van der Waals surface area contributed by atoms with Crippen LogP contribution in [0.25, 0.3) is 0 Å². The molecule has 0 bridgehead atoms. The fraction of sp³-hybridized carbons (Fsp3) is 0.556. The number of thiazole rings is 1. The van der Waals surface area contributed by atoms with Gasteiger partial charge in [-0.3, -0.25) is 4.79 Å². The first-order valence-corrected chi connectivity index (χ1v) is 6.52. The number of hydrogen-bond donors (Lipinski definition) is 1. The number of alkyl halides is 1. The third kappa shape index (κ3) is 4.72. The highest BCUT2D eigenvalue weighted by atomic mass is 79.9. The summed E-state index contributed by atoms with van der Waals surface area (Å²) in [5.74, 6) is -0.0805. The molecule has 1 amide bonds. The summed E-state index contributed by atoms with van der Waals surface area (Å²) < 4.78 is 5.20. The molecule has 0 fully saturated rings. The maximum Gasteiger partial charge on any atom is 0.263 e. The van der Waals surface area contributed by atoms with E-state index < -0.39 is 0 Å². The zero-order chi connectivity index (χ0) is 11.1. The van der Waals surface area contributed by atoms with E-state index in [1.807, 2.05) is 6.92 Å². The van der Waals surface area contributed by atoms with Crippen LogP contribution in [0.5, 0.6) is 0 Å². The van der Waals surface area contributed by atoms with Crippen LogP contribution >= 0.6 is 27.3 Å². The summed E-state index contributed by atoms with van der Waals surface area (Å²) in [6.45, 7) is 3.61. The molecule has 1 heterocycles. The van der Waals surface area contributed by atoms with Crippen molar-refractivity contribution in [3.05, 3.63) is 16.1 Å². The summed E-state index contributed by atoms with van der Waals surface area (Å²) in [7, 11) is 0. The maximum absolute atomic E-state index is 11.5. The molecule has 0 atom stereocenters. The van der Waals surface area contributed by atoms with E-state index in [4.69, 9.17) is 4.74 Å². The normalized spacial score (nSPS) is 10.3. The van der Waals surface area contributed by atoms with Crippen LogP contribution < -0.4 is 5.32 Å². The second-order valence-corrected chi connectivity index (χ2v) is 4.83. The first-order chi connectivity index (χ1) is 7.24. The molecule has 84 valence electrons. The van der Waals surface area contributed by atoms with Crippen molar-refractivity contribution in [3.8, 4) is 0 Å². The van der Waals surface area contributed by atoms with E-state index in [1.165, 1.54) is 11.3 Å². The molecule has 1 N–H and O–H groups in total. The Balaban J connectivity index is 2.19. The van der Waals surface area contributed by atoms with Crippen molar-refractivity contribution in [1.82, 2.24) is 10.3 Å². The van der Waals surface area contributed by atoms with Gasteiger partial charge in [0.25, 0.3) is 5.91 Å². The number of rotatable bonds is 6. The van der Waals surface area contributed by atoms with Crippen molar-refractivity contribution in [3.63, 3.8) is 0 Å². The second kappa shape index (κ2) is 6.92. The molecule has 0 saturated carbocycles. The van der Waals surface area contributed by atoms with Crippen molar-refractivity contribution >= 4 is 33.2 Å². The first-order valence-electron chi connectivity index (χ1n) is 4.58. The van der Waals surface area contributed by atoms with E-state index in [1.54, 1.807) is 6.20 Å². The van der Waals surface area contributed by atoms with Gasteiger partial charge in [0.2, 0.25) is 0 Å². The molecular weight excluding hydrogens is 280 g/mol. The average Bonchev–Trinajstić information content (AvgIpc) is 2.64. The van der Waals surface area contributed by atoms with Crippen molar-refractivity contribution in [2.45, 2.75) is 6.92 Å². The van der Waals surface area contributed by atoms with Crippen LogP contribution in [0.3, 0.4) is 0 Å². The van der Waals surface area contributed by atoms with E-state index in [2.05, 4.69) is 26.2 Å². The van der Waals surface area contributed by atoms with Crippen LogP contribution in [0.1, 0.15) is 14.7 Å². The van der Waals surface area contributed by atoms with Gasteiger partial charge in [-0.25, -0.2) is 4.98 Å². The fourth-order valence-electron chi connectivity index (χ4n) is 0.947. The summed E-state index contributed by atoms with van der Waals surface area (Å²) in [6.07, 6.45) is 1.59. The monoisotopic (exact) mass is 292 g/mol. The van der Waals surface area contributed by atoms with Gasteiger partial charge in [-0.2, -0.15) is 0 Å². The highest BCUT2D eigenvalue weighted by molar-refractivity contribution is 9.09. The van der Waals surface area contributed by atoms with Gasteiger partial charge in [0.1, 0.15) is 4.88 Å². The SMILES string of the molecule is Cc1ncc(C(=O)NCCOCCBr)s1. The molecule has 0 saturated heterocycles. The number of amides is 1. The van der Waals surface area contributed by atoms with Crippen LogP contribution in [0, 0.1) is 6.92 Å². The molecule has 0 aromatic carbocycles. The molecule has 6 heteroatoms. The molecule has 4 nitrogen and oxygen atoms in total. The number of aryl methyl sites for hydroxylation is 1. The molecule has 0 aliphatic carbocycles. The predicted octanol–water partition coefficient (Wildman–Crippen LogP) is 1.59. The van der Waals surface area contributed by atoms with Crippen LogP contribution in [0.15, 0.2) is 6.20 Å². The molecular formula is C9H13BrN2O2S. The molecule has 0 radical (unpaired) electrons. The largest absolute Gasteiger partial charge is 0.379 e. The highest BCUT2D eigenvalue weighted by Crippen LogP contribution is 2.10. The summed E-state index contributed by atoms with van der Waals surface area (Å²) in [6, 6.07) is 0. The molecule has 0 aliphatic rings. The van der Waals surface area contributed by atoms with Crippen LogP contribution in [-0.4, -0.2) is 36.0 Å². The predicted molar refractivity (Wildman–Crippen MR) is 63.8 cm³/mol. The van der Waals surface area contributed by atoms with E-state index in [-0.39, 0.29) is 5.91 Å². The standard InChI is InChI=1S/C9H13BrN2O2S/c1-7-12-6-8(15-7)9(13)11-3-5-14-4-2-10/h6H,2-5H2,1H3,(H,11,13). The van der Waals surface area contributed by atoms with Crippen LogP contribution in [-0.2, 0) is 4.74 Å². The third-order valence-corrected chi connectivity index (χ3v) is 2.83. The lowest BCUT2D eigenvalue weighted by Gasteiger charge is -2.03. The Morgan fingerprint density at radius 2 is 2.47 bits per heavy atom. The van der Waals surface area contributed by atoms with E-state index in [0.29, 0.717) is 24.6 Å². The molecule has 0 aliphatic heterocycles. The van der Waals surface area contributed by atoms with E-state index >= 15 is 0 Å². The Labute approximate surface area is 101 Å². The Morgan fingerprint density at radius 3 is 3.07 bits per heavy atom. The first kappa shape index (κ1) is 12.6. The molecule has 1 aromatic heterocycles. The van der Waals surface area contributed by atoms with Crippen molar-refractivity contribution in [2.75, 3.05) is 25.1 Å². The van der Waals surface area contributed by atoms with Gasteiger partial charge in [-0.1, -0.05) is 15.9 Å². The minimum absolute atomic E-state index is 0.0805. The number of aromatic nitrogens is 1. The van der Waals surface area contributed by atoms with Gasteiger partial charge < -0.3 is 10.1 Å². The fourth-order valence-corrected chi connectivity index (χ4v) is 1.87. The zero-order valence-corrected chi connectivity index (χ0v) is 10.9. The third-order valence-electron chi connectivity index (χ3n) is 1.60. The zero-order valence-electron chi connectivity index (χ0n) is 8.46. The minimum Gasteiger partial charge on any atom is -0.379 e. The topological polar surface area (TPSA) is 51.2 Å². The lowest BCUT2D eigenvalue weighted by Crippen LogP contribution is -2.26. The quantitative estimate of drug-likeness (QED) is 0.640. The van der Waals surface area contributed by atoms with Crippen molar-refractivity contribution in [2.24, 2.45) is 0 Å². The Hall–Kier alpha value is -0.460. The number of carbonyl (C=O) groups is 1.